The molecule has 4 amide bonds. The molecule has 0 spiro atoms. The maximum Gasteiger partial charge on any atom is 0.415 e. The molecule has 2 aromatic heterocycles. The van der Waals surface area contributed by atoms with Gasteiger partial charge in [0.2, 0.25) is 12.3 Å². The molecule has 0 fully saturated rings. The van der Waals surface area contributed by atoms with Crippen LogP contribution in [0.5, 0.6) is 5.75 Å². The third-order valence-corrected chi connectivity index (χ3v) is 11.7. The lowest BCUT2D eigenvalue weighted by Gasteiger charge is -2.41. The van der Waals surface area contributed by atoms with E-state index in [1.54, 1.807) is 36.3 Å². The van der Waals surface area contributed by atoms with Gasteiger partial charge >= 0.3 is 6.09 Å². The molecule has 0 saturated carbocycles. The molecule has 1 N–H and O–H groups in total. The summed E-state index contributed by atoms with van der Waals surface area (Å²) < 4.78 is 19.5. The van der Waals surface area contributed by atoms with Crippen molar-refractivity contribution in [1.29, 1.82) is 0 Å². The van der Waals surface area contributed by atoms with Crippen molar-refractivity contribution < 1.29 is 38.2 Å². The van der Waals surface area contributed by atoms with Gasteiger partial charge in [0.05, 0.1) is 40.1 Å². The zero-order valence-electron chi connectivity index (χ0n) is 45.4. The summed E-state index contributed by atoms with van der Waals surface area (Å²) in [7, 11) is 5.52. The van der Waals surface area contributed by atoms with Gasteiger partial charge in [0, 0.05) is 68.6 Å². The zero-order chi connectivity index (χ0) is 53.7. The second-order valence-corrected chi connectivity index (χ2v) is 19.9. The van der Waals surface area contributed by atoms with E-state index in [4.69, 9.17) is 19.2 Å². The number of aldehydes is 1. The number of imide groups is 1. The smallest absolute Gasteiger partial charge is 0.415 e. The Labute approximate surface area is 427 Å². The Morgan fingerprint density at radius 1 is 0.817 bits per heavy atom. The predicted molar refractivity (Wildman–Crippen MR) is 291 cm³/mol. The molecule has 5 rings (SSSR count). The largest absolute Gasteiger partial charge is 0.493 e. The van der Waals surface area contributed by atoms with E-state index in [1.165, 1.54) is 23.5 Å². The van der Waals surface area contributed by atoms with Crippen molar-refractivity contribution in [2.24, 2.45) is 0 Å². The highest BCUT2D eigenvalue weighted by Gasteiger charge is 2.38. The highest BCUT2D eigenvalue weighted by atomic mass is 32.1. The Morgan fingerprint density at radius 3 is 2.00 bits per heavy atom. The Hall–Kier alpha value is -6.19. The molecule has 0 aliphatic heterocycles. The van der Waals surface area contributed by atoms with Crippen LogP contribution in [0, 0.1) is 0 Å². The van der Waals surface area contributed by atoms with Crippen LogP contribution in [-0.4, -0.2) is 103 Å². The average Bonchev–Trinajstić information content (AvgIpc) is 3.77. The highest BCUT2D eigenvalue weighted by molar-refractivity contribution is 7.21. The van der Waals surface area contributed by atoms with E-state index in [0.29, 0.717) is 37.0 Å². The third kappa shape index (κ3) is 18.5. The van der Waals surface area contributed by atoms with E-state index < -0.39 is 34.6 Å². The van der Waals surface area contributed by atoms with Gasteiger partial charge in [-0.15, -0.1) is 11.3 Å². The molecule has 5 aromatic rings. The minimum atomic E-state index is -0.877. The Morgan fingerprint density at radius 2 is 1.44 bits per heavy atom. The molecule has 1 unspecified atom stereocenters. The lowest BCUT2D eigenvalue weighted by atomic mass is 10.0. The van der Waals surface area contributed by atoms with Gasteiger partial charge in [-0.05, 0) is 116 Å². The molecule has 388 valence electrons. The van der Waals surface area contributed by atoms with Crippen LogP contribution in [0.1, 0.15) is 143 Å². The van der Waals surface area contributed by atoms with Crippen LogP contribution in [-0.2, 0) is 19.1 Å². The zero-order valence-corrected chi connectivity index (χ0v) is 46.2. The SMILES string of the molecule is CC.CC.CC(CCC(=O)NC=O)N(C)C(=O)c1cc(OCCC(C)(C)OCC(C)(C)N(C(=O)OC(C)(C)C)c2ccc3nc(-c4ccc(-c5ccc(N(C)C)nc5)cc4)sc3c2)ccc1C=O.CCC. The van der Waals surface area contributed by atoms with Gasteiger partial charge in [-0.3, -0.25) is 29.4 Å². The fraction of sp³-hybridized carbons (Fsp3) is 0.482. The van der Waals surface area contributed by atoms with Gasteiger partial charge in [0.15, 0.2) is 6.29 Å². The van der Waals surface area contributed by atoms with Crippen LogP contribution >= 0.6 is 11.3 Å². The van der Waals surface area contributed by atoms with E-state index in [2.05, 4.69) is 54.5 Å². The number of amides is 4. The number of aromatic nitrogens is 2. The topological polar surface area (TPSA) is 161 Å². The molecule has 2 heterocycles. The number of fused-ring (bicyclic) bond motifs is 1. The number of carbonyl (C=O) groups excluding carboxylic acids is 5. The summed E-state index contributed by atoms with van der Waals surface area (Å²) in [5.41, 5.74) is 2.56. The first kappa shape index (κ1) is 60.9. The predicted octanol–water partition coefficient (Wildman–Crippen LogP) is 12.7. The first-order valence-corrected chi connectivity index (χ1v) is 25.4. The van der Waals surface area contributed by atoms with Gasteiger partial charge in [-0.2, -0.15) is 0 Å². The summed E-state index contributed by atoms with van der Waals surface area (Å²) in [6.07, 6.45) is 4.38. The summed E-state index contributed by atoms with van der Waals surface area (Å²) in [6.45, 7) is 27.7. The quantitative estimate of drug-likeness (QED) is 0.0784. The van der Waals surface area contributed by atoms with Crippen molar-refractivity contribution in [1.82, 2.24) is 20.2 Å². The second kappa shape index (κ2) is 28.6. The molecule has 0 bridgehead atoms. The third-order valence-electron chi connectivity index (χ3n) is 10.6. The van der Waals surface area contributed by atoms with Crippen molar-refractivity contribution in [2.75, 3.05) is 44.2 Å². The summed E-state index contributed by atoms with van der Waals surface area (Å²) in [5, 5.41) is 2.95. The average molecular weight is 997 g/mol. The minimum absolute atomic E-state index is 0.0579. The van der Waals surface area contributed by atoms with Crippen molar-refractivity contribution in [3.63, 3.8) is 0 Å². The highest BCUT2D eigenvalue weighted by Crippen LogP contribution is 2.37. The number of anilines is 2. The van der Waals surface area contributed by atoms with Crippen molar-refractivity contribution in [2.45, 2.75) is 145 Å². The van der Waals surface area contributed by atoms with Crippen LogP contribution in [0.25, 0.3) is 31.9 Å². The van der Waals surface area contributed by atoms with Crippen LogP contribution < -0.4 is 19.9 Å². The van der Waals surface area contributed by atoms with E-state index in [1.807, 2.05) is 126 Å². The standard InChI is InChI=1S/C49H60N6O8S.C3H8.2C2H6/c1-32(12-23-43(58)51-31-57)54(11)45(59)39-27-38(20-17-36(39)29-56)61-25-24-49(7,8)62-30-48(5,6)55(46(60)63-47(2,3)4)37-19-21-40-41(26-37)64-44(52-40)34-15-13-33(14-16-34)35-18-22-42(50-28-35)53(9)10;1-3-2;2*1-2/h13-22,26-29,31-32H,12,23-25,30H2,1-11H3,(H,51,57,58);3H2,1-2H3;2*1-2H3. The molecular weight excluding hydrogens is 917 g/mol. The molecule has 0 saturated heterocycles. The van der Waals surface area contributed by atoms with E-state index in [-0.39, 0.29) is 36.8 Å². The lowest BCUT2D eigenvalue weighted by molar-refractivity contribution is -0.125. The number of rotatable bonds is 19. The fourth-order valence-electron chi connectivity index (χ4n) is 6.71. The monoisotopic (exact) mass is 997 g/mol. The van der Waals surface area contributed by atoms with E-state index >= 15 is 0 Å². The van der Waals surface area contributed by atoms with Crippen LogP contribution in [0.15, 0.2) is 79.0 Å². The summed E-state index contributed by atoms with van der Waals surface area (Å²) in [6, 6.07) is 22.4. The number of carbonyl (C=O) groups is 5. The molecule has 0 radical (unpaired) electrons. The van der Waals surface area contributed by atoms with Gasteiger partial charge in [0.25, 0.3) is 5.91 Å². The molecule has 0 aliphatic rings. The molecule has 0 aliphatic carbocycles. The number of nitrogens with one attached hydrogen (secondary N) is 1. The van der Waals surface area contributed by atoms with Gasteiger partial charge in [-0.1, -0.05) is 72.2 Å². The molecular formula is C56H80N6O8S. The normalized spacial score (nSPS) is 11.5. The fourth-order valence-corrected chi connectivity index (χ4v) is 7.71. The van der Waals surface area contributed by atoms with Crippen molar-refractivity contribution in [3.8, 4) is 27.4 Å². The second-order valence-electron chi connectivity index (χ2n) is 18.9. The molecule has 1 atom stereocenters. The number of thiazole rings is 1. The first-order valence-electron chi connectivity index (χ1n) is 24.6. The van der Waals surface area contributed by atoms with Crippen LogP contribution in [0.3, 0.4) is 0 Å². The first-order chi connectivity index (χ1) is 33.5. The van der Waals surface area contributed by atoms with Crippen molar-refractivity contribution in [3.05, 3.63) is 90.1 Å². The molecule has 3 aromatic carbocycles. The maximum absolute atomic E-state index is 14.0. The summed E-state index contributed by atoms with van der Waals surface area (Å²) in [4.78, 5) is 76.3. The number of ether oxygens (including phenoxy) is 3. The number of benzene rings is 3. The number of hydrogen-bond acceptors (Lipinski definition) is 12. The van der Waals surface area contributed by atoms with E-state index in [0.717, 1.165) is 37.7 Å². The summed E-state index contributed by atoms with van der Waals surface area (Å²) in [5.74, 6) is 0.447. The van der Waals surface area contributed by atoms with Gasteiger partial charge < -0.3 is 24.0 Å². The minimum Gasteiger partial charge on any atom is -0.493 e. The number of hydrogen-bond donors (Lipinski definition) is 1. The molecule has 14 nitrogen and oxygen atoms in total. The Kier molecular flexibility index (Phi) is 24.5. The Bertz CT molecular complexity index is 2460. The Balaban J connectivity index is 0.00000235. The maximum atomic E-state index is 14.0. The lowest BCUT2D eigenvalue weighted by Crippen LogP contribution is -2.53. The van der Waals surface area contributed by atoms with Crippen molar-refractivity contribution >= 4 is 63.7 Å². The van der Waals surface area contributed by atoms with E-state index in [9.17, 15) is 24.0 Å². The number of nitrogens with zero attached hydrogens (tertiary/aromatic N) is 5. The van der Waals surface area contributed by atoms with Gasteiger partial charge in [-0.25, -0.2) is 14.8 Å². The van der Waals surface area contributed by atoms with Crippen LogP contribution in [0.4, 0.5) is 16.3 Å². The molecule has 15 heteroatoms. The molecule has 71 heavy (non-hydrogen) atoms. The van der Waals surface area contributed by atoms with Crippen LogP contribution in [0.2, 0.25) is 0 Å². The number of pyridine rings is 1. The van der Waals surface area contributed by atoms with Gasteiger partial charge in [0.1, 0.15) is 22.2 Å². The summed E-state index contributed by atoms with van der Waals surface area (Å²) >= 11 is 1.55.